The van der Waals surface area contributed by atoms with Gasteiger partial charge in [-0.25, -0.2) is 4.98 Å². The summed E-state index contributed by atoms with van der Waals surface area (Å²) in [6.07, 6.45) is 2.44. The van der Waals surface area contributed by atoms with Crippen molar-refractivity contribution >= 4 is 63.2 Å². The molecule has 23 heavy (non-hydrogen) atoms. The molecule has 0 aliphatic heterocycles. The van der Waals surface area contributed by atoms with E-state index in [-0.39, 0.29) is 17.0 Å². The largest absolute Gasteiger partial charge is 0.360 e. The Labute approximate surface area is 152 Å². The van der Waals surface area contributed by atoms with Gasteiger partial charge in [0.15, 0.2) is 10.2 Å². The third-order valence-electron chi connectivity index (χ3n) is 2.63. The minimum atomic E-state index is -0.365. The standard InChI is InChI=1S/C13H15Cl2N5OS2/c1-3-4-16-12-19-20-13(23-12)22-7(2)11(21)18-10-9(15)5-8(14)6-17-10/h5-7H,3-4H2,1-2H3,(H,16,19)(H,17,18,21). The first kappa shape index (κ1) is 18.3. The lowest BCUT2D eigenvalue weighted by Gasteiger charge is -2.10. The first-order valence-electron chi connectivity index (χ1n) is 6.85. The van der Waals surface area contributed by atoms with E-state index in [1.54, 1.807) is 6.92 Å². The molecule has 0 bridgehead atoms. The van der Waals surface area contributed by atoms with Crippen molar-refractivity contribution in [2.45, 2.75) is 29.9 Å². The molecule has 2 rings (SSSR count). The molecule has 2 N–H and O–H groups in total. The molecule has 6 nitrogen and oxygen atoms in total. The minimum Gasteiger partial charge on any atom is -0.360 e. The van der Waals surface area contributed by atoms with Crippen molar-refractivity contribution in [3.05, 3.63) is 22.3 Å². The number of hydrogen-bond acceptors (Lipinski definition) is 7. The molecule has 0 fully saturated rings. The number of anilines is 2. The Hall–Kier alpha value is -1.09. The number of carbonyl (C=O) groups is 1. The van der Waals surface area contributed by atoms with E-state index in [4.69, 9.17) is 23.2 Å². The highest BCUT2D eigenvalue weighted by molar-refractivity contribution is 8.02. The van der Waals surface area contributed by atoms with Crippen molar-refractivity contribution < 1.29 is 4.79 Å². The van der Waals surface area contributed by atoms with E-state index in [1.165, 1.54) is 35.4 Å². The average molecular weight is 392 g/mol. The highest BCUT2D eigenvalue weighted by Gasteiger charge is 2.18. The van der Waals surface area contributed by atoms with E-state index in [2.05, 4.69) is 32.7 Å². The molecule has 1 unspecified atom stereocenters. The minimum absolute atomic E-state index is 0.218. The molecular formula is C13H15Cl2N5OS2. The monoisotopic (exact) mass is 391 g/mol. The fraction of sp³-hybridized carbons (Fsp3) is 0.385. The van der Waals surface area contributed by atoms with Gasteiger partial charge in [0.05, 0.1) is 15.3 Å². The van der Waals surface area contributed by atoms with Gasteiger partial charge in [0.1, 0.15) is 0 Å². The van der Waals surface area contributed by atoms with Crippen LogP contribution in [0.2, 0.25) is 10.0 Å². The van der Waals surface area contributed by atoms with Crippen LogP contribution in [0.5, 0.6) is 0 Å². The summed E-state index contributed by atoms with van der Waals surface area (Å²) < 4.78 is 0.724. The fourth-order valence-electron chi connectivity index (χ4n) is 1.49. The average Bonchev–Trinajstić information content (AvgIpc) is 2.95. The first-order chi connectivity index (χ1) is 11.0. The zero-order valence-electron chi connectivity index (χ0n) is 12.5. The van der Waals surface area contributed by atoms with Crippen LogP contribution in [0.1, 0.15) is 20.3 Å². The number of amides is 1. The van der Waals surface area contributed by atoms with E-state index in [1.807, 2.05) is 0 Å². The number of rotatable bonds is 7. The van der Waals surface area contributed by atoms with E-state index < -0.39 is 0 Å². The Morgan fingerprint density at radius 3 is 2.91 bits per heavy atom. The summed E-state index contributed by atoms with van der Waals surface area (Å²) in [7, 11) is 0. The second-order valence-electron chi connectivity index (χ2n) is 4.53. The van der Waals surface area contributed by atoms with Crippen LogP contribution in [0.3, 0.4) is 0 Å². The summed E-state index contributed by atoms with van der Waals surface area (Å²) >= 11 is 14.5. The van der Waals surface area contributed by atoms with Gasteiger partial charge in [-0.3, -0.25) is 4.79 Å². The molecule has 2 heterocycles. The Balaban J connectivity index is 1.93. The predicted molar refractivity (Wildman–Crippen MR) is 96.9 cm³/mol. The lowest BCUT2D eigenvalue weighted by atomic mass is 10.4. The molecule has 1 amide bonds. The van der Waals surface area contributed by atoms with Crippen LogP contribution in [0, 0.1) is 0 Å². The molecular weight excluding hydrogens is 377 g/mol. The molecule has 0 radical (unpaired) electrons. The molecule has 124 valence electrons. The Morgan fingerprint density at radius 2 is 2.22 bits per heavy atom. The molecule has 10 heteroatoms. The lowest BCUT2D eigenvalue weighted by molar-refractivity contribution is -0.115. The summed E-state index contributed by atoms with van der Waals surface area (Å²) in [5.74, 6) is 0.0704. The van der Waals surface area contributed by atoms with E-state index in [0.29, 0.717) is 10.0 Å². The van der Waals surface area contributed by atoms with Gasteiger partial charge in [-0.15, -0.1) is 10.2 Å². The van der Waals surface area contributed by atoms with Crippen LogP contribution in [0.25, 0.3) is 0 Å². The second-order valence-corrected chi connectivity index (χ2v) is 7.94. The van der Waals surface area contributed by atoms with Crippen molar-refractivity contribution in [2.75, 3.05) is 17.2 Å². The highest BCUT2D eigenvalue weighted by Crippen LogP contribution is 2.30. The molecule has 0 aliphatic rings. The highest BCUT2D eigenvalue weighted by atomic mass is 35.5. The van der Waals surface area contributed by atoms with E-state index in [9.17, 15) is 4.79 Å². The lowest BCUT2D eigenvalue weighted by Crippen LogP contribution is -2.23. The maximum atomic E-state index is 12.2. The smallest absolute Gasteiger partial charge is 0.238 e. The SMILES string of the molecule is CCCNc1nnc(SC(C)C(=O)Nc2ncc(Cl)cc2Cl)s1. The third-order valence-corrected chi connectivity index (χ3v) is 5.19. The molecule has 1 atom stereocenters. The van der Waals surface area contributed by atoms with Crippen LogP contribution in [-0.2, 0) is 4.79 Å². The molecule has 0 saturated heterocycles. The van der Waals surface area contributed by atoms with Crippen molar-refractivity contribution in [2.24, 2.45) is 0 Å². The topological polar surface area (TPSA) is 79.8 Å². The number of hydrogen-bond donors (Lipinski definition) is 2. The molecule has 0 aliphatic carbocycles. The number of pyridine rings is 1. The Bertz CT molecular complexity index is 682. The van der Waals surface area contributed by atoms with Crippen molar-refractivity contribution in [1.29, 1.82) is 0 Å². The zero-order chi connectivity index (χ0) is 16.8. The number of aromatic nitrogens is 3. The van der Waals surface area contributed by atoms with Gasteiger partial charge < -0.3 is 10.6 Å². The molecule has 0 saturated carbocycles. The van der Waals surface area contributed by atoms with Crippen molar-refractivity contribution in [1.82, 2.24) is 15.2 Å². The summed E-state index contributed by atoms with van der Waals surface area (Å²) in [6.45, 7) is 4.70. The summed E-state index contributed by atoms with van der Waals surface area (Å²) in [6, 6.07) is 1.53. The second kappa shape index (κ2) is 8.68. The summed E-state index contributed by atoms with van der Waals surface area (Å²) in [5.41, 5.74) is 0. The number of halogens is 2. The van der Waals surface area contributed by atoms with Crippen molar-refractivity contribution in [3.8, 4) is 0 Å². The molecule has 0 aromatic carbocycles. The predicted octanol–water partition coefficient (Wildman–Crippen LogP) is 4.18. The fourth-order valence-corrected chi connectivity index (χ4v) is 3.84. The van der Waals surface area contributed by atoms with Crippen LogP contribution in [0.4, 0.5) is 10.9 Å². The summed E-state index contributed by atoms with van der Waals surface area (Å²) in [5, 5.41) is 15.0. The number of nitrogens with zero attached hydrogens (tertiary/aromatic N) is 3. The quantitative estimate of drug-likeness (QED) is 0.688. The number of thioether (sulfide) groups is 1. The summed E-state index contributed by atoms with van der Waals surface area (Å²) in [4.78, 5) is 16.2. The number of nitrogens with one attached hydrogen (secondary N) is 2. The van der Waals surface area contributed by atoms with Gasteiger partial charge in [0.2, 0.25) is 11.0 Å². The van der Waals surface area contributed by atoms with Crippen molar-refractivity contribution in [3.63, 3.8) is 0 Å². The normalized spacial score (nSPS) is 12.0. The van der Waals surface area contributed by atoms with Crippen LogP contribution in [-0.4, -0.2) is 32.9 Å². The third kappa shape index (κ3) is 5.49. The van der Waals surface area contributed by atoms with Gasteiger partial charge in [-0.1, -0.05) is 53.2 Å². The Kier molecular flexibility index (Phi) is 6.88. The van der Waals surface area contributed by atoms with Crippen LogP contribution < -0.4 is 10.6 Å². The molecule has 2 aromatic heterocycles. The first-order valence-corrected chi connectivity index (χ1v) is 9.30. The van der Waals surface area contributed by atoms with E-state index in [0.717, 1.165) is 22.4 Å². The van der Waals surface area contributed by atoms with Gasteiger partial charge in [-0.05, 0) is 19.4 Å². The van der Waals surface area contributed by atoms with Crippen LogP contribution >= 0.6 is 46.3 Å². The molecule has 2 aromatic rings. The van der Waals surface area contributed by atoms with Gasteiger partial charge >= 0.3 is 0 Å². The number of carbonyl (C=O) groups excluding carboxylic acids is 1. The zero-order valence-corrected chi connectivity index (χ0v) is 15.6. The Morgan fingerprint density at radius 1 is 1.43 bits per heavy atom. The maximum Gasteiger partial charge on any atom is 0.238 e. The molecule has 0 spiro atoms. The van der Waals surface area contributed by atoms with E-state index >= 15 is 0 Å². The van der Waals surface area contributed by atoms with Crippen LogP contribution in [0.15, 0.2) is 16.6 Å². The van der Waals surface area contributed by atoms with Gasteiger partial charge in [-0.2, -0.15) is 0 Å². The van der Waals surface area contributed by atoms with Gasteiger partial charge in [0.25, 0.3) is 0 Å². The van der Waals surface area contributed by atoms with Gasteiger partial charge in [0, 0.05) is 12.7 Å². The maximum absolute atomic E-state index is 12.2.